The van der Waals surface area contributed by atoms with Gasteiger partial charge in [-0.25, -0.2) is 0 Å². The summed E-state index contributed by atoms with van der Waals surface area (Å²) in [4.78, 5) is 0. The molecule has 0 aliphatic carbocycles. The zero-order valence-electron chi connectivity index (χ0n) is 12.2. The molecular formula is C19H22N2. The van der Waals surface area contributed by atoms with E-state index in [9.17, 15) is 0 Å². The van der Waals surface area contributed by atoms with Gasteiger partial charge in [0.25, 0.3) is 0 Å². The molecule has 2 nitrogen and oxygen atoms in total. The first kappa shape index (κ1) is 16.6. The molecule has 0 unspecified atom stereocenters. The maximum atomic E-state index is 2.20. The molecule has 0 aliphatic rings. The Bertz CT molecular complexity index is 528. The molecule has 0 saturated carbocycles. The fourth-order valence-corrected chi connectivity index (χ4v) is 2.51. The maximum Gasteiger partial charge on any atom is 0.0339 e. The van der Waals surface area contributed by atoms with E-state index in [2.05, 4.69) is 91.0 Å². The van der Waals surface area contributed by atoms with Gasteiger partial charge in [0.1, 0.15) is 0 Å². The summed E-state index contributed by atoms with van der Waals surface area (Å²) in [5.74, 6) is 0.309. The predicted molar refractivity (Wildman–Crippen MR) is 90.3 cm³/mol. The molecule has 21 heavy (non-hydrogen) atoms. The molecule has 108 valence electrons. The van der Waals surface area contributed by atoms with Crippen LogP contribution in [-0.4, -0.2) is 0 Å². The van der Waals surface area contributed by atoms with E-state index in [1.54, 1.807) is 0 Å². The van der Waals surface area contributed by atoms with Crippen LogP contribution in [0.2, 0.25) is 0 Å². The van der Waals surface area contributed by atoms with Crippen LogP contribution in [0.15, 0.2) is 91.0 Å². The standard InChI is InChI=1S/C19H16.2H3N/c1-4-10-16(11-5-1)19(17-12-6-2-7-13-17)18-14-8-3-9-15-18;;/h1-15,19H;2*1H3. The first-order chi connectivity index (χ1) is 9.45. The van der Waals surface area contributed by atoms with Crippen molar-refractivity contribution in [2.75, 3.05) is 0 Å². The molecule has 3 rings (SSSR count). The topological polar surface area (TPSA) is 70.0 Å². The minimum atomic E-state index is 0. The van der Waals surface area contributed by atoms with E-state index in [1.165, 1.54) is 16.7 Å². The SMILES string of the molecule is N.N.c1ccc(C(c2ccccc2)c2ccccc2)cc1. The Labute approximate surface area is 126 Å². The predicted octanol–water partition coefficient (Wildman–Crippen LogP) is 5.19. The molecule has 2 heteroatoms. The smallest absolute Gasteiger partial charge is 0.0339 e. The molecule has 6 N–H and O–H groups in total. The van der Waals surface area contributed by atoms with E-state index < -0.39 is 0 Å². The maximum absolute atomic E-state index is 2.20. The Morgan fingerprint density at radius 3 is 0.857 bits per heavy atom. The Hall–Kier alpha value is -2.42. The lowest BCUT2D eigenvalue weighted by molar-refractivity contribution is 0.977. The zero-order chi connectivity index (χ0) is 12.9. The van der Waals surface area contributed by atoms with E-state index >= 15 is 0 Å². The van der Waals surface area contributed by atoms with Gasteiger partial charge in [-0.2, -0.15) is 0 Å². The Kier molecular flexibility index (Phi) is 6.34. The van der Waals surface area contributed by atoms with Crippen LogP contribution in [0.3, 0.4) is 0 Å². The summed E-state index contributed by atoms with van der Waals surface area (Å²) in [6.45, 7) is 0. The van der Waals surface area contributed by atoms with Crippen molar-refractivity contribution in [2.45, 2.75) is 5.92 Å². The lowest BCUT2D eigenvalue weighted by atomic mass is 9.85. The van der Waals surface area contributed by atoms with Gasteiger partial charge < -0.3 is 12.3 Å². The molecule has 0 aromatic heterocycles. The summed E-state index contributed by atoms with van der Waals surface area (Å²) in [7, 11) is 0. The fraction of sp³-hybridized carbons (Fsp3) is 0.0526. The zero-order valence-corrected chi connectivity index (χ0v) is 12.2. The number of hydrogen-bond acceptors (Lipinski definition) is 2. The highest BCUT2D eigenvalue weighted by atomic mass is 14.2. The second-order valence-electron chi connectivity index (χ2n) is 4.67. The molecule has 0 spiro atoms. The van der Waals surface area contributed by atoms with Crippen molar-refractivity contribution >= 4 is 0 Å². The van der Waals surface area contributed by atoms with E-state index in [0.717, 1.165) is 0 Å². The molecule has 0 aliphatic heterocycles. The molecule has 0 fully saturated rings. The summed E-state index contributed by atoms with van der Waals surface area (Å²) >= 11 is 0. The van der Waals surface area contributed by atoms with Gasteiger partial charge in [0.05, 0.1) is 0 Å². The summed E-state index contributed by atoms with van der Waals surface area (Å²) in [5.41, 5.74) is 4.00. The van der Waals surface area contributed by atoms with Gasteiger partial charge in [-0.05, 0) is 16.7 Å². The van der Waals surface area contributed by atoms with E-state index in [1.807, 2.05) is 0 Å². The molecular weight excluding hydrogens is 256 g/mol. The summed E-state index contributed by atoms with van der Waals surface area (Å²) in [5, 5.41) is 0. The summed E-state index contributed by atoms with van der Waals surface area (Å²) in [6.07, 6.45) is 0. The van der Waals surface area contributed by atoms with Gasteiger partial charge in [-0.1, -0.05) is 91.0 Å². The van der Waals surface area contributed by atoms with Gasteiger partial charge in [-0.3, -0.25) is 0 Å². The van der Waals surface area contributed by atoms with Crippen LogP contribution in [0.4, 0.5) is 0 Å². The first-order valence-electron chi connectivity index (χ1n) is 6.60. The van der Waals surface area contributed by atoms with Crippen LogP contribution < -0.4 is 12.3 Å². The highest BCUT2D eigenvalue weighted by Crippen LogP contribution is 2.31. The quantitative estimate of drug-likeness (QED) is 0.647. The van der Waals surface area contributed by atoms with E-state index in [-0.39, 0.29) is 12.3 Å². The number of benzene rings is 3. The largest absolute Gasteiger partial charge is 0.344 e. The Balaban J connectivity index is 0.00000110. The summed E-state index contributed by atoms with van der Waals surface area (Å²) in [6, 6.07) is 32.0. The molecule has 3 aromatic carbocycles. The van der Waals surface area contributed by atoms with Crippen molar-refractivity contribution in [3.05, 3.63) is 108 Å². The Morgan fingerprint density at radius 1 is 0.381 bits per heavy atom. The minimum Gasteiger partial charge on any atom is -0.344 e. The van der Waals surface area contributed by atoms with Crippen LogP contribution >= 0.6 is 0 Å². The molecule has 0 radical (unpaired) electrons. The third-order valence-corrected chi connectivity index (χ3v) is 3.40. The van der Waals surface area contributed by atoms with Gasteiger partial charge >= 0.3 is 0 Å². The van der Waals surface area contributed by atoms with Gasteiger partial charge in [-0.15, -0.1) is 0 Å². The van der Waals surface area contributed by atoms with Crippen LogP contribution in [0.1, 0.15) is 22.6 Å². The molecule has 3 aromatic rings. The molecule has 0 amide bonds. The second kappa shape index (κ2) is 8.00. The monoisotopic (exact) mass is 278 g/mol. The molecule has 0 atom stereocenters. The lowest BCUT2D eigenvalue weighted by Gasteiger charge is -2.18. The van der Waals surface area contributed by atoms with Crippen molar-refractivity contribution in [1.29, 1.82) is 0 Å². The van der Waals surface area contributed by atoms with E-state index in [0.29, 0.717) is 5.92 Å². The van der Waals surface area contributed by atoms with Crippen molar-refractivity contribution in [1.82, 2.24) is 12.3 Å². The second-order valence-corrected chi connectivity index (χ2v) is 4.67. The number of rotatable bonds is 3. The lowest BCUT2D eigenvalue weighted by Crippen LogP contribution is -2.02. The average molecular weight is 278 g/mol. The van der Waals surface area contributed by atoms with Crippen LogP contribution in [0, 0.1) is 0 Å². The van der Waals surface area contributed by atoms with Crippen LogP contribution in [-0.2, 0) is 0 Å². The first-order valence-corrected chi connectivity index (χ1v) is 6.60. The highest BCUT2D eigenvalue weighted by molar-refractivity contribution is 5.42. The summed E-state index contributed by atoms with van der Waals surface area (Å²) < 4.78 is 0. The molecule has 0 heterocycles. The fourth-order valence-electron chi connectivity index (χ4n) is 2.51. The third-order valence-electron chi connectivity index (χ3n) is 3.40. The number of hydrogen-bond donors (Lipinski definition) is 2. The van der Waals surface area contributed by atoms with Gasteiger partial charge in [0.2, 0.25) is 0 Å². The van der Waals surface area contributed by atoms with Crippen LogP contribution in [0.25, 0.3) is 0 Å². The van der Waals surface area contributed by atoms with Crippen molar-refractivity contribution in [3.63, 3.8) is 0 Å². The highest BCUT2D eigenvalue weighted by Gasteiger charge is 2.15. The van der Waals surface area contributed by atoms with Crippen molar-refractivity contribution in [2.24, 2.45) is 0 Å². The van der Waals surface area contributed by atoms with Crippen molar-refractivity contribution < 1.29 is 0 Å². The normalized spacial score (nSPS) is 9.57. The molecule has 0 saturated heterocycles. The Morgan fingerprint density at radius 2 is 0.619 bits per heavy atom. The van der Waals surface area contributed by atoms with Gasteiger partial charge in [0.15, 0.2) is 0 Å². The van der Waals surface area contributed by atoms with Gasteiger partial charge in [0, 0.05) is 5.92 Å². The minimum absolute atomic E-state index is 0. The van der Waals surface area contributed by atoms with Crippen molar-refractivity contribution in [3.8, 4) is 0 Å². The van der Waals surface area contributed by atoms with E-state index in [4.69, 9.17) is 0 Å². The molecule has 0 bridgehead atoms. The third kappa shape index (κ3) is 3.78. The van der Waals surface area contributed by atoms with Crippen LogP contribution in [0.5, 0.6) is 0 Å². The average Bonchev–Trinajstić information content (AvgIpc) is 2.51.